The van der Waals surface area contributed by atoms with Crippen LogP contribution in [0.2, 0.25) is 0 Å². The highest BCUT2D eigenvalue weighted by molar-refractivity contribution is 7.90. The fraction of sp³-hybridized carbons (Fsp3) is 0.432. The summed E-state index contributed by atoms with van der Waals surface area (Å²) < 4.78 is 113. The molecule has 0 radical (unpaired) electrons. The molecule has 334 valence electrons. The predicted octanol–water partition coefficient (Wildman–Crippen LogP) is 7.92. The van der Waals surface area contributed by atoms with Crippen LogP contribution in [-0.2, 0) is 33.8 Å². The SMILES string of the molecule is COc1ccc(CN(Cc2ccc(OC)cc2)c2cc(C)c(C(F)(F)F)c(-c3nc4c5c(nc(S(C)(=O)=O)nc5c3F)N3C[C@H]5CC[C@@H]([C@H]3[C@H](C)O4)N5C(=O)OC(C)(C)C)n2)cc1. The smallest absolute Gasteiger partial charge is 0.418 e. The number of sulfone groups is 1. The fourth-order valence-corrected chi connectivity index (χ4v) is 9.32. The van der Waals surface area contributed by atoms with Crippen molar-refractivity contribution in [1.29, 1.82) is 0 Å². The second-order valence-corrected chi connectivity index (χ2v) is 19.0. The summed E-state index contributed by atoms with van der Waals surface area (Å²) in [6.07, 6.45) is -4.44. The van der Waals surface area contributed by atoms with Crippen molar-refractivity contribution in [1.82, 2.24) is 24.8 Å². The van der Waals surface area contributed by atoms with Gasteiger partial charge < -0.3 is 28.7 Å². The van der Waals surface area contributed by atoms with Gasteiger partial charge in [-0.2, -0.15) is 13.2 Å². The van der Waals surface area contributed by atoms with Crippen molar-refractivity contribution in [2.24, 2.45) is 0 Å². The number of fused-ring (bicyclic) bond motifs is 5. The van der Waals surface area contributed by atoms with E-state index in [1.165, 1.54) is 27.2 Å². The Labute approximate surface area is 362 Å². The number of anilines is 2. The topological polar surface area (TPSA) is 149 Å². The highest BCUT2D eigenvalue weighted by Gasteiger charge is 2.54. The summed E-state index contributed by atoms with van der Waals surface area (Å²) in [6, 6.07) is 14.0. The third kappa shape index (κ3) is 8.34. The standard InChI is InChI=1S/C44H47F4N7O7S/c1-23-19-31(53(20-25-9-14-28(59-6)15-10-25)21-26-11-16-29(60-7)17-12-26)49-36(33(23)44(46,47)48)37-34(45)35-32-39(52-41(51-35)63(8,57)58)54-22-27-13-18-30(38(54)24(2)61-40(32)50-37)55(27)42(56)62-43(3,4)5/h9-12,14-17,19,24,27,30,38H,13,18,20-22H2,1-8H3/t24-,27+,30-,38+/m0/s1. The van der Waals surface area contributed by atoms with Crippen molar-refractivity contribution in [2.75, 3.05) is 36.8 Å². The summed E-state index contributed by atoms with van der Waals surface area (Å²) in [5.74, 6) is -0.407. The number of pyridine rings is 2. The first kappa shape index (κ1) is 43.7. The number of alkyl halides is 3. The molecule has 2 bridgehead atoms. The first-order valence-corrected chi connectivity index (χ1v) is 22.2. The number of aryl methyl sites for hydroxylation is 1. The minimum Gasteiger partial charge on any atom is -0.497 e. The third-order valence-electron chi connectivity index (χ3n) is 11.5. The van der Waals surface area contributed by atoms with Crippen molar-refractivity contribution in [3.8, 4) is 28.8 Å². The molecule has 63 heavy (non-hydrogen) atoms. The summed E-state index contributed by atoms with van der Waals surface area (Å²) in [7, 11) is -1.16. The van der Waals surface area contributed by atoms with Gasteiger partial charge in [-0.3, -0.25) is 4.90 Å². The van der Waals surface area contributed by atoms with Crippen molar-refractivity contribution in [2.45, 2.75) is 102 Å². The Morgan fingerprint density at radius 3 is 2.05 bits per heavy atom. The Morgan fingerprint density at radius 1 is 0.905 bits per heavy atom. The van der Waals surface area contributed by atoms with Crippen LogP contribution in [0.15, 0.2) is 59.8 Å². The number of hydrogen-bond donors (Lipinski definition) is 0. The summed E-state index contributed by atoms with van der Waals surface area (Å²) >= 11 is 0. The Bertz CT molecular complexity index is 2650. The number of nitrogens with zero attached hydrogens (tertiary/aromatic N) is 7. The highest BCUT2D eigenvalue weighted by Crippen LogP contribution is 2.48. The molecular formula is C44H47F4N7O7S. The molecule has 8 rings (SSSR count). The monoisotopic (exact) mass is 893 g/mol. The van der Waals surface area contributed by atoms with E-state index in [4.69, 9.17) is 18.9 Å². The number of halogens is 4. The van der Waals surface area contributed by atoms with Crippen LogP contribution in [0.4, 0.5) is 34.0 Å². The lowest BCUT2D eigenvalue weighted by Crippen LogP contribution is -2.65. The minimum atomic E-state index is -5.05. The molecule has 6 heterocycles. The Morgan fingerprint density at radius 2 is 1.51 bits per heavy atom. The molecule has 3 aliphatic rings. The molecule has 2 aromatic carbocycles. The zero-order chi connectivity index (χ0) is 45.3. The molecule has 19 heteroatoms. The van der Waals surface area contributed by atoms with E-state index in [9.17, 15) is 13.2 Å². The second kappa shape index (κ2) is 16.0. The molecule has 0 saturated carbocycles. The quantitative estimate of drug-likeness (QED) is 0.104. The van der Waals surface area contributed by atoms with E-state index in [1.807, 2.05) is 24.3 Å². The number of aromatic nitrogens is 4. The van der Waals surface area contributed by atoms with Gasteiger partial charge in [-0.1, -0.05) is 24.3 Å². The van der Waals surface area contributed by atoms with E-state index < -0.39 is 79.3 Å². The average molecular weight is 894 g/mol. The summed E-state index contributed by atoms with van der Waals surface area (Å²) in [5, 5.41) is -0.869. The molecule has 2 fully saturated rings. The Kier molecular flexibility index (Phi) is 11.1. The van der Waals surface area contributed by atoms with Gasteiger partial charge in [0.05, 0.1) is 37.9 Å². The number of carbonyl (C=O) groups excluding carboxylic acids is 1. The lowest BCUT2D eigenvalue weighted by molar-refractivity contribution is -0.137. The number of hydrogen-bond acceptors (Lipinski definition) is 13. The van der Waals surface area contributed by atoms with Crippen LogP contribution in [0.5, 0.6) is 17.4 Å². The third-order valence-corrected chi connectivity index (χ3v) is 12.4. The second-order valence-electron chi connectivity index (χ2n) is 17.1. The number of amides is 1. The van der Waals surface area contributed by atoms with Crippen LogP contribution in [0.25, 0.3) is 22.3 Å². The van der Waals surface area contributed by atoms with E-state index in [0.717, 1.165) is 17.4 Å². The normalized spacial score (nSPS) is 19.6. The van der Waals surface area contributed by atoms with Crippen molar-refractivity contribution >= 4 is 38.5 Å². The largest absolute Gasteiger partial charge is 0.497 e. The Balaban J connectivity index is 1.31. The molecule has 3 aliphatic heterocycles. The summed E-state index contributed by atoms with van der Waals surface area (Å²) in [5.41, 5.74) is -3.07. The number of piperazine rings is 1. The van der Waals surface area contributed by atoms with Gasteiger partial charge in [0.2, 0.25) is 20.9 Å². The number of benzene rings is 2. The van der Waals surface area contributed by atoms with Crippen LogP contribution in [-0.4, -0.2) is 96.2 Å². The molecule has 2 saturated heterocycles. The molecular weight excluding hydrogens is 847 g/mol. The molecule has 0 unspecified atom stereocenters. The number of rotatable bonds is 9. The van der Waals surface area contributed by atoms with Gasteiger partial charge in [0, 0.05) is 25.9 Å². The van der Waals surface area contributed by atoms with Crippen LogP contribution >= 0.6 is 0 Å². The molecule has 3 aromatic heterocycles. The predicted molar refractivity (Wildman–Crippen MR) is 225 cm³/mol. The van der Waals surface area contributed by atoms with Gasteiger partial charge in [0.25, 0.3) is 0 Å². The van der Waals surface area contributed by atoms with Crippen molar-refractivity contribution < 1.29 is 49.7 Å². The molecule has 0 aliphatic carbocycles. The lowest BCUT2D eigenvalue weighted by atomic mass is 9.98. The maximum Gasteiger partial charge on any atom is 0.418 e. The van der Waals surface area contributed by atoms with Gasteiger partial charge in [-0.15, -0.1) is 0 Å². The van der Waals surface area contributed by atoms with Crippen molar-refractivity contribution in [3.63, 3.8) is 0 Å². The zero-order valence-electron chi connectivity index (χ0n) is 35.9. The Hall–Kier alpha value is -5.98. The highest BCUT2D eigenvalue weighted by atomic mass is 32.2. The van der Waals surface area contributed by atoms with E-state index in [1.54, 1.807) is 66.7 Å². The number of ether oxygens (including phenoxy) is 4. The molecule has 4 atom stereocenters. The van der Waals surface area contributed by atoms with Crippen LogP contribution in [0.3, 0.4) is 0 Å². The van der Waals surface area contributed by atoms with Gasteiger partial charge >= 0.3 is 12.3 Å². The van der Waals surface area contributed by atoms with Crippen LogP contribution < -0.4 is 24.0 Å². The van der Waals surface area contributed by atoms with Gasteiger partial charge in [-0.05, 0) is 94.5 Å². The average Bonchev–Trinajstić information content (AvgIpc) is 3.46. The molecule has 1 amide bonds. The molecule has 14 nitrogen and oxygen atoms in total. The molecule has 0 N–H and O–H groups in total. The van der Waals surface area contributed by atoms with Gasteiger partial charge in [-0.25, -0.2) is 37.5 Å². The zero-order valence-corrected chi connectivity index (χ0v) is 36.8. The molecule has 5 aromatic rings. The first-order chi connectivity index (χ1) is 29.6. The number of methoxy groups -OCH3 is 2. The maximum absolute atomic E-state index is 17.5. The van der Waals surface area contributed by atoms with Crippen LogP contribution in [0, 0.1) is 12.7 Å². The summed E-state index contributed by atoms with van der Waals surface area (Å²) in [4.78, 5) is 36.4. The molecule has 0 spiro atoms. The van der Waals surface area contributed by atoms with Gasteiger partial charge in [0.15, 0.2) is 5.82 Å². The van der Waals surface area contributed by atoms with Gasteiger partial charge in [0.1, 0.15) is 57.1 Å². The van der Waals surface area contributed by atoms with E-state index in [2.05, 4.69) is 19.9 Å². The first-order valence-electron chi connectivity index (χ1n) is 20.3. The fourth-order valence-electron chi connectivity index (χ4n) is 8.81. The summed E-state index contributed by atoms with van der Waals surface area (Å²) in [6.45, 7) is 8.72. The van der Waals surface area contributed by atoms with E-state index in [0.29, 0.717) is 24.3 Å². The number of carbonyl (C=O) groups is 1. The van der Waals surface area contributed by atoms with E-state index in [-0.39, 0.29) is 54.1 Å². The van der Waals surface area contributed by atoms with Crippen LogP contribution in [0.1, 0.15) is 62.8 Å². The minimum absolute atomic E-state index is 0.0254. The van der Waals surface area contributed by atoms with Crippen molar-refractivity contribution in [3.05, 3.63) is 82.7 Å². The van der Waals surface area contributed by atoms with E-state index >= 15 is 17.6 Å². The maximum atomic E-state index is 17.5. The lowest BCUT2D eigenvalue weighted by Gasteiger charge is -2.48.